The molecule has 1 atom stereocenters. The van der Waals surface area contributed by atoms with Gasteiger partial charge in [0.05, 0.1) is 23.7 Å². The first-order valence-corrected chi connectivity index (χ1v) is 12.8. The summed E-state index contributed by atoms with van der Waals surface area (Å²) in [4.78, 5) is 34.5. The monoisotopic (exact) mass is 507 g/mol. The molecule has 9 heteroatoms. The molecule has 0 saturated heterocycles. The molecule has 0 aliphatic rings. The van der Waals surface area contributed by atoms with E-state index in [4.69, 9.17) is 10.7 Å². The van der Waals surface area contributed by atoms with E-state index in [9.17, 15) is 14.0 Å². The van der Waals surface area contributed by atoms with Crippen molar-refractivity contribution in [1.82, 2.24) is 18.8 Å². The smallest absolute Gasteiger partial charge is 0.264 e. The second kappa shape index (κ2) is 11.1. The highest BCUT2D eigenvalue weighted by Crippen LogP contribution is 2.28. The zero-order chi connectivity index (χ0) is 25.8. The Morgan fingerprint density at radius 1 is 1.19 bits per heavy atom. The van der Waals surface area contributed by atoms with Gasteiger partial charge in [0.2, 0.25) is 0 Å². The van der Waals surface area contributed by atoms with E-state index in [1.54, 1.807) is 35.4 Å². The van der Waals surface area contributed by atoms with Crippen LogP contribution in [0.2, 0.25) is 0 Å². The maximum Gasteiger partial charge on any atom is 0.264 e. The van der Waals surface area contributed by atoms with Crippen LogP contribution in [0.1, 0.15) is 58.8 Å². The van der Waals surface area contributed by atoms with Crippen molar-refractivity contribution >= 4 is 27.7 Å². The van der Waals surface area contributed by atoms with Crippen molar-refractivity contribution in [2.24, 2.45) is 5.73 Å². The van der Waals surface area contributed by atoms with Gasteiger partial charge in [-0.15, -0.1) is 0 Å². The second-order valence-corrected chi connectivity index (χ2v) is 9.58. The first-order valence-electron chi connectivity index (χ1n) is 12.0. The van der Waals surface area contributed by atoms with Crippen LogP contribution in [-0.2, 0) is 6.54 Å². The molecule has 2 N–H and O–H groups in total. The minimum absolute atomic E-state index is 0.184. The van der Waals surface area contributed by atoms with Crippen LogP contribution in [0.25, 0.3) is 10.2 Å². The van der Waals surface area contributed by atoms with Crippen LogP contribution >= 0.6 is 11.5 Å². The SMILES string of the molecule is CC[C@H](c1nc2snc(C)c2c(=O)n1Cc1ccccc1)N(CCCN)C(=O)c1ccc(C)c(F)c1. The highest BCUT2D eigenvalue weighted by Gasteiger charge is 2.30. The number of halogens is 1. The molecular weight excluding hydrogens is 477 g/mol. The Morgan fingerprint density at radius 2 is 1.94 bits per heavy atom. The summed E-state index contributed by atoms with van der Waals surface area (Å²) in [6, 6.07) is 13.6. The number of nitrogens with two attached hydrogens (primary N) is 1. The van der Waals surface area contributed by atoms with Gasteiger partial charge in [-0.25, -0.2) is 9.37 Å². The summed E-state index contributed by atoms with van der Waals surface area (Å²) < 4.78 is 20.3. The van der Waals surface area contributed by atoms with E-state index in [1.165, 1.54) is 17.6 Å². The fourth-order valence-corrected chi connectivity index (χ4v) is 5.13. The number of aromatic nitrogens is 3. The largest absolute Gasteiger partial charge is 0.330 e. The summed E-state index contributed by atoms with van der Waals surface area (Å²) in [5.74, 6) is -0.274. The Balaban J connectivity index is 1.87. The van der Waals surface area contributed by atoms with Gasteiger partial charge < -0.3 is 10.6 Å². The van der Waals surface area contributed by atoms with Crippen LogP contribution in [-0.4, -0.2) is 37.8 Å². The summed E-state index contributed by atoms with van der Waals surface area (Å²) in [7, 11) is 0. The number of hydrogen-bond donors (Lipinski definition) is 1. The molecule has 2 aromatic heterocycles. The molecule has 36 heavy (non-hydrogen) atoms. The van der Waals surface area contributed by atoms with Crippen LogP contribution in [0.5, 0.6) is 0 Å². The van der Waals surface area contributed by atoms with E-state index in [0.717, 1.165) is 5.56 Å². The fraction of sp³-hybridized carbons (Fsp3) is 0.333. The Bertz CT molecular complexity index is 1430. The lowest BCUT2D eigenvalue weighted by atomic mass is 10.1. The fourth-order valence-electron chi connectivity index (χ4n) is 4.35. The van der Waals surface area contributed by atoms with E-state index in [0.29, 0.717) is 59.8 Å². The molecule has 188 valence electrons. The lowest BCUT2D eigenvalue weighted by Crippen LogP contribution is -2.40. The van der Waals surface area contributed by atoms with Crippen LogP contribution in [0.15, 0.2) is 53.3 Å². The second-order valence-electron chi connectivity index (χ2n) is 8.82. The zero-order valence-corrected chi connectivity index (χ0v) is 21.5. The number of benzene rings is 2. The average Bonchev–Trinajstić information content (AvgIpc) is 3.26. The third-order valence-corrected chi connectivity index (χ3v) is 7.16. The molecule has 0 fully saturated rings. The van der Waals surface area contributed by atoms with Crippen molar-refractivity contribution in [3.63, 3.8) is 0 Å². The van der Waals surface area contributed by atoms with Crippen LogP contribution in [0.3, 0.4) is 0 Å². The van der Waals surface area contributed by atoms with E-state index < -0.39 is 11.9 Å². The van der Waals surface area contributed by atoms with Crippen molar-refractivity contribution < 1.29 is 9.18 Å². The van der Waals surface area contributed by atoms with Crippen molar-refractivity contribution in [2.75, 3.05) is 13.1 Å². The number of aryl methyl sites for hydroxylation is 2. The molecule has 2 heterocycles. The maximum atomic E-state index is 14.3. The van der Waals surface area contributed by atoms with Gasteiger partial charge in [-0.05, 0) is 68.0 Å². The van der Waals surface area contributed by atoms with Gasteiger partial charge in [0.25, 0.3) is 11.5 Å². The highest BCUT2D eigenvalue weighted by atomic mass is 32.1. The van der Waals surface area contributed by atoms with Gasteiger partial charge in [-0.2, -0.15) is 4.37 Å². The normalized spacial score (nSPS) is 12.1. The Hall–Kier alpha value is -3.43. The lowest BCUT2D eigenvalue weighted by Gasteiger charge is -2.32. The Labute approximate surface area is 213 Å². The van der Waals surface area contributed by atoms with Gasteiger partial charge in [0.1, 0.15) is 11.6 Å². The topological polar surface area (TPSA) is 94.1 Å². The predicted molar refractivity (Wildman–Crippen MR) is 141 cm³/mol. The highest BCUT2D eigenvalue weighted by molar-refractivity contribution is 7.12. The molecule has 2 aromatic carbocycles. The van der Waals surface area contributed by atoms with E-state index in [1.807, 2.05) is 37.3 Å². The molecular formula is C27H30FN5O2S. The molecule has 4 aromatic rings. The van der Waals surface area contributed by atoms with Crippen molar-refractivity contribution in [3.05, 3.63) is 92.9 Å². The molecule has 0 spiro atoms. The number of fused-ring (bicyclic) bond motifs is 1. The summed E-state index contributed by atoms with van der Waals surface area (Å²) in [6.07, 6.45) is 1.07. The molecule has 7 nitrogen and oxygen atoms in total. The quantitative estimate of drug-likeness (QED) is 0.357. The van der Waals surface area contributed by atoms with Crippen molar-refractivity contribution in [1.29, 1.82) is 0 Å². The predicted octanol–water partition coefficient (Wildman–Crippen LogP) is 4.60. The number of carbonyl (C=O) groups excluding carboxylic acids is 1. The molecule has 0 aliphatic heterocycles. The van der Waals surface area contributed by atoms with Gasteiger partial charge in [0.15, 0.2) is 4.83 Å². The Morgan fingerprint density at radius 3 is 2.61 bits per heavy atom. The lowest BCUT2D eigenvalue weighted by molar-refractivity contribution is 0.0655. The van der Waals surface area contributed by atoms with Gasteiger partial charge in [0, 0.05) is 12.1 Å². The standard InChI is InChI=1S/C27H30FN5O2S/c1-4-22(32(14-8-13-29)26(34)20-12-11-17(2)21(28)15-20)24-30-25-23(18(3)31-36-25)27(35)33(24)16-19-9-6-5-7-10-19/h5-7,9-12,15,22H,4,8,13-14,16,29H2,1-3H3/t22-/m1/s1. The van der Waals surface area contributed by atoms with Crippen molar-refractivity contribution in [3.8, 4) is 0 Å². The van der Waals surface area contributed by atoms with Gasteiger partial charge >= 0.3 is 0 Å². The molecule has 1 amide bonds. The average molecular weight is 508 g/mol. The molecule has 4 rings (SSSR count). The summed E-state index contributed by atoms with van der Waals surface area (Å²) >= 11 is 1.18. The third kappa shape index (κ3) is 5.08. The van der Waals surface area contributed by atoms with E-state index in [2.05, 4.69) is 4.37 Å². The van der Waals surface area contributed by atoms with Crippen LogP contribution < -0.4 is 11.3 Å². The number of hydrogen-bond acceptors (Lipinski definition) is 6. The van der Waals surface area contributed by atoms with Gasteiger partial charge in [-0.1, -0.05) is 43.3 Å². The molecule has 0 unspecified atom stereocenters. The molecule has 0 radical (unpaired) electrons. The number of nitrogens with zero attached hydrogens (tertiary/aromatic N) is 4. The third-order valence-electron chi connectivity index (χ3n) is 6.32. The summed E-state index contributed by atoms with van der Waals surface area (Å²) in [5.41, 5.74) is 7.91. The maximum absolute atomic E-state index is 14.3. The minimum Gasteiger partial charge on any atom is -0.330 e. The first-order chi connectivity index (χ1) is 17.3. The minimum atomic E-state index is -0.517. The number of rotatable bonds is 9. The van der Waals surface area contributed by atoms with E-state index >= 15 is 0 Å². The molecule has 0 aliphatic carbocycles. The summed E-state index contributed by atoms with van der Waals surface area (Å²) in [6.45, 7) is 6.45. The van der Waals surface area contributed by atoms with Crippen molar-refractivity contribution in [2.45, 2.75) is 46.2 Å². The van der Waals surface area contributed by atoms with E-state index in [-0.39, 0.29) is 17.0 Å². The Kier molecular flexibility index (Phi) is 7.91. The molecule has 0 bridgehead atoms. The molecule has 0 saturated carbocycles. The number of carbonyl (C=O) groups is 1. The van der Waals surface area contributed by atoms with Crippen LogP contribution in [0, 0.1) is 19.7 Å². The zero-order valence-electron chi connectivity index (χ0n) is 20.7. The van der Waals surface area contributed by atoms with Crippen LogP contribution in [0.4, 0.5) is 4.39 Å². The number of amides is 1. The summed E-state index contributed by atoms with van der Waals surface area (Å²) in [5, 5.41) is 0.495. The first kappa shape index (κ1) is 25.7. The van der Waals surface area contributed by atoms with Gasteiger partial charge in [-0.3, -0.25) is 14.2 Å².